The highest BCUT2D eigenvalue weighted by molar-refractivity contribution is 7.97. The number of carbonyl (C=O) groups is 2. The van der Waals surface area contributed by atoms with Gasteiger partial charge in [-0.2, -0.15) is 0 Å². The molecule has 1 fully saturated rings. The van der Waals surface area contributed by atoms with Crippen LogP contribution in [0.15, 0.2) is 65.6 Å². The minimum Gasteiger partial charge on any atom is -0.341 e. The van der Waals surface area contributed by atoms with E-state index in [9.17, 15) is 9.59 Å². The smallest absolute Gasteiger partial charge is 0.255 e. The SMILES string of the molecule is CCN(CC)CC(=O)N1CCC(NSc2ccc(NC(=O)c3ccccc3C)c3ccccc23)CC1. The number of hydrogen-bond acceptors (Lipinski definition) is 5. The molecule has 7 heteroatoms. The van der Waals surface area contributed by atoms with Crippen molar-refractivity contribution in [1.82, 2.24) is 14.5 Å². The molecule has 0 aromatic heterocycles. The number of benzene rings is 3. The van der Waals surface area contributed by atoms with Crippen LogP contribution < -0.4 is 10.0 Å². The van der Waals surface area contributed by atoms with Gasteiger partial charge in [0.25, 0.3) is 5.91 Å². The fourth-order valence-electron chi connectivity index (χ4n) is 4.62. The van der Waals surface area contributed by atoms with Crippen LogP contribution in [0.4, 0.5) is 5.69 Å². The van der Waals surface area contributed by atoms with Crippen molar-refractivity contribution in [2.24, 2.45) is 0 Å². The van der Waals surface area contributed by atoms with E-state index in [2.05, 4.69) is 40.9 Å². The quantitative estimate of drug-likeness (QED) is 0.386. The number of rotatable bonds is 9. The number of nitrogens with one attached hydrogen (secondary N) is 2. The van der Waals surface area contributed by atoms with Crippen LogP contribution in [0.1, 0.15) is 42.6 Å². The number of aryl methyl sites for hydroxylation is 1. The standard InChI is InChI=1S/C29H36N4O2S/c1-4-32(5-2)20-28(34)33-18-16-22(17-19-33)31-36-27-15-14-26(24-12-8-9-13-25(24)27)30-29(35)23-11-7-6-10-21(23)3/h6-15,22,31H,4-5,16-20H2,1-3H3,(H,30,35). The van der Waals surface area contributed by atoms with Crippen LogP contribution in [0.5, 0.6) is 0 Å². The van der Waals surface area contributed by atoms with Crippen molar-refractivity contribution in [3.63, 3.8) is 0 Å². The molecule has 0 spiro atoms. The fraction of sp³-hybridized carbons (Fsp3) is 0.379. The van der Waals surface area contributed by atoms with Crippen LogP contribution in [-0.4, -0.2) is 60.4 Å². The second-order valence-electron chi connectivity index (χ2n) is 9.26. The predicted octanol–water partition coefficient (Wildman–Crippen LogP) is 5.33. The van der Waals surface area contributed by atoms with E-state index in [1.165, 1.54) is 0 Å². The molecule has 1 aliphatic heterocycles. The average Bonchev–Trinajstić information content (AvgIpc) is 2.91. The third kappa shape index (κ3) is 6.27. The molecule has 2 N–H and O–H groups in total. The Morgan fingerprint density at radius 1 is 0.944 bits per heavy atom. The van der Waals surface area contributed by atoms with Gasteiger partial charge in [0.05, 0.1) is 6.54 Å². The summed E-state index contributed by atoms with van der Waals surface area (Å²) in [7, 11) is 0. The van der Waals surface area contributed by atoms with Gasteiger partial charge >= 0.3 is 0 Å². The van der Waals surface area contributed by atoms with Crippen LogP contribution in [0.25, 0.3) is 10.8 Å². The van der Waals surface area contributed by atoms with Crippen LogP contribution in [-0.2, 0) is 4.79 Å². The summed E-state index contributed by atoms with van der Waals surface area (Å²) in [5.41, 5.74) is 2.45. The lowest BCUT2D eigenvalue weighted by molar-refractivity contribution is -0.133. The molecule has 0 unspecified atom stereocenters. The van der Waals surface area contributed by atoms with E-state index in [1.54, 1.807) is 11.9 Å². The van der Waals surface area contributed by atoms with Crippen molar-refractivity contribution < 1.29 is 9.59 Å². The molecule has 1 saturated heterocycles. The number of fused-ring (bicyclic) bond motifs is 1. The van der Waals surface area contributed by atoms with Gasteiger partial charge in [0.2, 0.25) is 5.91 Å². The molecule has 36 heavy (non-hydrogen) atoms. The minimum atomic E-state index is -0.0981. The zero-order chi connectivity index (χ0) is 25.5. The van der Waals surface area contributed by atoms with Crippen LogP contribution in [0, 0.1) is 6.92 Å². The summed E-state index contributed by atoms with van der Waals surface area (Å²) in [6.45, 7) is 10.0. The number of likely N-dealkylation sites (N-methyl/N-ethyl adjacent to an activating group) is 1. The second-order valence-corrected chi connectivity index (χ2v) is 10.1. The van der Waals surface area contributed by atoms with Gasteiger partial charge < -0.3 is 10.2 Å². The molecule has 2 amide bonds. The van der Waals surface area contributed by atoms with E-state index in [0.717, 1.165) is 65.9 Å². The summed E-state index contributed by atoms with van der Waals surface area (Å²) in [6, 6.07) is 20.2. The van der Waals surface area contributed by atoms with Crippen molar-refractivity contribution in [1.29, 1.82) is 0 Å². The number of nitrogens with zero attached hydrogens (tertiary/aromatic N) is 2. The van der Waals surface area contributed by atoms with Crippen LogP contribution >= 0.6 is 11.9 Å². The van der Waals surface area contributed by atoms with Crippen molar-refractivity contribution >= 4 is 40.2 Å². The Hall–Kier alpha value is -2.87. The molecular weight excluding hydrogens is 468 g/mol. The molecule has 1 aliphatic rings. The minimum absolute atomic E-state index is 0.0981. The number of anilines is 1. The van der Waals surface area contributed by atoms with Gasteiger partial charge in [-0.05, 0) is 74.0 Å². The Bertz CT molecular complexity index is 1200. The van der Waals surface area contributed by atoms with Gasteiger partial charge in [-0.1, -0.05) is 56.3 Å². The number of amides is 2. The topological polar surface area (TPSA) is 64.7 Å². The molecule has 190 valence electrons. The van der Waals surface area contributed by atoms with Gasteiger partial charge in [0.1, 0.15) is 0 Å². The molecule has 3 aromatic carbocycles. The maximum absolute atomic E-state index is 12.9. The highest BCUT2D eigenvalue weighted by Gasteiger charge is 2.24. The molecule has 0 saturated carbocycles. The summed E-state index contributed by atoms with van der Waals surface area (Å²) in [5.74, 6) is 0.137. The first kappa shape index (κ1) is 26.2. The van der Waals surface area contributed by atoms with Gasteiger partial charge in [-0.3, -0.25) is 19.2 Å². The largest absolute Gasteiger partial charge is 0.341 e. The van der Waals surface area contributed by atoms with E-state index < -0.39 is 0 Å². The maximum atomic E-state index is 12.9. The first-order valence-electron chi connectivity index (χ1n) is 12.8. The Morgan fingerprint density at radius 3 is 2.31 bits per heavy atom. The highest BCUT2D eigenvalue weighted by Crippen LogP contribution is 2.32. The monoisotopic (exact) mass is 504 g/mol. The van der Waals surface area contributed by atoms with Gasteiger partial charge in [-0.15, -0.1) is 0 Å². The lowest BCUT2D eigenvalue weighted by Crippen LogP contribution is -2.47. The lowest BCUT2D eigenvalue weighted by atomic mass is 10.1. The van der Waals surface area contributed by atoms with Gasteiger partial charge in [0, 0.05) is 40.7 Å². The summed E-state index contributed by atoms with van der Waals surface area (Å²) in [5, 5.41) is 5.22. The number of likely N-dealkylation sites (tertiary alicyclic amines) is 1. The molecule has 0 bridgehead atoms. The average molecular weight is 505 g/mol. The summed E-state index contributed by atoms with van der Waals surface area (Å²) in [6.07, 6.45) is 1.89. The third-order valence-electron chi connectivity index (χ3n) is 6.96. The number of piperidine rings is 1. The van der Waals surface area contributed by atoms with Crippen molar-refractivity contribution in [3.8, 4) is 0 Å². The molecule has 0 radical (unpaired) electrons. The van der Waals surface area contributed by atoms with E-state index in [4.69, 9.17) is 0 Å². The highest BCUT2D eigenvalue weighted by atomic mass is 32.2. The zero-order valence-corrected chi connectivity index (χ0v) is 22.2. The summed E-state index contributed by atoms with van der Waals surface area (Å²) < 4.78 is 3.63. The zero-order valence-electron chi connectivity index (χ0n) is 21.4. The summed E-state index contributed by atoms with van der Waals surface area (Å²) >= 11 is 1.64. The van der Waals surface area contributed by atoms with Crippen molar-refractivity contribution in [2.75, 3.05) is 38.0 Å². The van der Waals surface area contributed by atoms with E-state index in [0.29, 0.717) is 18.2 Å². The first-order chi connectivity index (χ1) is 17.5. The van der Waals surface area contributed by atoms with Gasteiger partial charge in [-0.25, -0.2) is 0 Å². The van der Waals surface area contributed by atoms with Crippen LogP contribution in [0.2, 0.25) is 0 Å². The van der Waals surface area contributed by atoms with Crippen molar-refractivity contribution in [2.45, 2.75) is 44.6 Å². The molecule has 0 aliphatic carbocycles. The molecule has 0 atom stereocenters. The molecule has 3 aromatic rings. The normalized spacial score (nSPS) is 14.4. The molecule has 6 nitrogen and oxygen atoms in total. The Kier molecular flexibility index (Phi) is 9.02. The Balaban J connectivity index is 1.38. The predicted molar refractivity (Wildman–Crippen MR) is 149 cm³/mol. The van der Waals surface area contributed by atoms with E-state index in [1.807, 2.05) is 60.4 Å². The van der Waals surface area contributed by atoms with E-state index >= 15 is 0 Å². The molecule has 1 heterocycles. The van der Waals surface area contributed by atoms with Gasteiger partial charge in [0.15, 0.2) is 0 Å². The maximum Gasteiger partial charge on any atom is 0.255 e. The van der Waals surface area contributed by atoms with Crippen LogP contribution in [0.3, 0.4) is 0 Å². The molecule has 4 rings (SSSR count). The number of carbonyl (C=O) groups excluding carboxylic acids is 2. The second kappa shape index (κ2) is 12.4. The van der Waals surface area contributed by atoms with Crippen molar-refractivity contribution in [3.05, 3.63) is 71.8 Å². The Morgan fingerprint density at radius 2 is 1.61 bits per heavy atom. The fourth-order valence-corrected chi connectivity index (χ4v) is 5.57. The summed E-state index contributed by atoms with van der Waals surface area (Å²) in [4.78, 5) is 30.8. The van der Waals surface area contributed by atoms with E-state index in [-0.39, 0.29) is 11.8 Å². The first-order valence-corrected chi connectivity index (χ1v) is 13.6. The third-order valence-corrected chi connectivity index (χ3v) is 7.99. The number of hydrogen-bond donors (Lipinski definition) is 2. The molecular formula is C29H36N4O2S. The Labute approximate surface area is 218 Å². The lowest BCUT2D eigenvalue weighted by Gasteiger charge is -2.33.